The van der Waals surface area contributed by atoms with Crippen LogP contribution in [-0.2, 0) is 24.3 Å². The van der Waals surface area contributed by atoms with Gasteiger partial charge in [-0.2, -0.15) is 4.72 Å². The Bertz CT molecular complexity index is 1370. The Morgan fingerprint density at radius 3 is 2.42 bits per heavy atom. The number of hydrogen-bond acceptors (Lipinski definition) is 8. The maximum Gasteiger partial charge on any atom is 0.268 e. The number of anilines is 1. The number of benzene rings is 2. The second-order valence-electron chi connectivity index (χ2n) is 10.4. The fourth-order valence-electron chi connectivity index (χ4n) is 5.01. The summed E-state index contributed by atoms with van der Waals surface area (Å²) in [4.78, 5) is 28.2. The van der Waals surface area contributed by atoms with E-state index in [0.29, 0.717) is 19.0 Å². The van der Waals surface area contributed by atoms with Gasteiger partial charge in [-0.3, -0.25) is 14.8 Å². The number of rotatable bonds is 11. The first-order chi connectivity index (χ1) is 19.0. The van der Waals surface area contributed by atoms with Crippen molar-refractivity contribution in [2.24, 2.45) is 5.92 Å². The molecule has 1 saturated heterocycles. The van der Waals surface area contributed by atoms with Gasteiger partial charge in [0.05, 0.1) is 24.6 Å². The first kappa shape index (κ1) is 29.5. The van der Waals surface area contributed by atoms with Crippen molar-refractivity contribution in [2.45, 2.75) is 37.2 Å². The van der Waals surface area contributed by atoms with Gasteiger partial charge in [0.15, 0.2) is 0 Å². The largest absolute Gasteiger partial charge is 0.489 e. The smallest absolute Gasteiger partial charge is 0.268 e. The van der Waals surface area contributed by atoms with Crippen LogP contribution in [0.3, 0.4) is 0 Å². The van der Waals surface area contributed by atoms with Gasteiger partial charge in [0, 0.05) is 36.9 Å². The number of ether oxygens (including phenoxy) is 2. The molecule has 0 spiro atoms. The van der Waals surface area contributed by atoms with Gasteiger partial charge in [0.25, 0.3) is 5.91 Å². The second-order valence-corrected chi connectivity index (χ2v) is 12.1. The summed E-state index contributed by atoms with van der Waals surface area (Å²) >= 11 is 0. The van der Waals surface area contributed by atoms with Crippen molar-refractivity contribution in [1.29, 1.82) is 0 Å². The van der Waals surface area contributed by atoms with Gasteiger partial charge < -0.3 is 19.3 Å². The maximum absolute atomic E-state index is 13.1. The number of amides is 2. The molecule has 0 radical (unpaired) electrons. The van der Waals surface area contributed by atoms with Crippen molar-refractivity contribution >= 4 is 33.1 Å². The van der Waals surface area contributed by atoms with Gasteiger partial charge in [-0.1, -0.05) is 38.1 Å². The zero-order valence-electron chi connectivity index (χ0n) is 23.1. The Hall–Kier alpha value is -3.45. The number of carbonyl (C=O) groups excluding carboxylic acids is 2. The average Bonchev–Trinajstić information content (AvgIpc) is 2.92. The molecule has 2 aliphatic rings. The molecule has 1 atom stereocenters. The molecule has 2 amide bonds. The van der Waals surface area contributed by atoms with Crippen LogP contribution in [0, 0.1) is 5.92 Å². The molecule has 3 N–H and O–H groups in total. The van der Waals surface area contributed by atoms with Gasteiger partial charge in [0.1, 0.15) is 17.9 Å². The minimum atomic E-state index is -4.16. The predicted molar refractivity (Wildman–Crippen MR) is 149 cm³/mol. The van der Waals surface area contributed by atoms with E-state index in [-0.39, 0.29) is 35.9 Å². The van der Waals surface area contributed by atoms with Crippen molar-refractivity contribution in [3.63, 3.8) is 0 Å². The molecule has 1 fully saturated rings. The molecule has 2 aromatic rings. The minimum absolute atomic E-state index is 0.0803. The minimum Gasteiger partial charge on any atom is -0.489 e. The molecule has 40 heavy (non-hydrogen) atoms. The van der Waals surface area contributed by atoms with E-state index in [1.54, 1.807) is 33.1 Å². The highest BCUT2D eigenvalue weighted by atomic mass is 32.2. The molecule has 0 aromatic heterocycles. The lowest BCUT2D eigenvalue weighted by molar-refractivity contribution is -0.152. The molecule has 0 bridgehead atoms. The molecule has 216 valence electrons. The SMILES string of the molecule is COCCN1c2ccccc2C(COc2ccc(S(=O)(=O)NC3(C(=O)NO)CN(C(=O)C(C)C)C3)cc2)=CC1C. The standard InChI is InChI=1S/C28H36N4O7S/c1-19(2)26(33)31-17-28(18-31,27(34)29-35)30-40(36,37)23-11-9-22(10-12-23)39-16-21-15-20(3)32(13-14-38-4)25-8-6-5-7-24(21)25/h5-12,15,19-20,30,35H,13-14,16-18H2,1-4H3,(H,29,34). The van der Waals surface area contributed by atoms with E-state index in [4.69, 9.17) is 9.47 Å². The zero-order valence-corrected chi connectivity index (χ0v) is 23.9. The van der Waals surface area contributed by atoms with Gasteiger partial charge in [-0.05, 0) is 42.8 Å². The van der Waals surface area contributed by atoms with Crippen molar-refractivity contribution in [3.8, 4) is 5.75 Å². The molecular weight excluding hydrogens is 536 g/mol. The average molecular weight is 573 g/mol. The third-order valence-corrected chi connectivity index (χ3v) is 8.70. The molecule has 2 heterocycles. The van der Waals surface area contributed by atoms with Crippen LogP contribution in [-0.4, -0.2) is 81.9 Å². The highest BCUT2D eigenvalue weighted by molar-refractivity contribution is 7.89. The summed E-state index contributed by atoms with van der Waals surface area (Å²) in [7, 11) is -2.48. The Labute approximate surface area is 234 Å². The first-order valence-corrected chi connectivity index (χ1v) is 14.6. The van der Waals surface area contributed by atoms with Gasteiger partial charge >= 0.3 is 0 Å². The maximum atomic E-state index is 13.1. The molecule has 2 aliphatic heterocycles. The Morgan fingerprint density at radius 2 is 1.80 bits per heavy atom. The summed E-state index contributed by atoms with van der Waals surface area (Å²) in [5.74, 6) is -0.975. The molecule has 1 unspecified atom stereocenters. The van der Waals surface area contributed by atoms with E-state index < -0.39 is 21.5 Å². The number of nitrogens with zero attached hydrogens (tertiary/aromatic N) is 2. The molecule has 12 heteroatoms. The van der Waals surface area contributed by atoms with E-state index in [1.165, 1.54) is 22.5 Å². The summed E-state index contributed by atoms with van der Waals surface area (Å²) in [6.07, 6.45) is 2.15. The summed E-state index contributed by atoms with van der Waals surface area (Å²) in [5.41, 5.74) is 3.04. The number of methoxy groups -OCH3 is 1. The monoisotopic (exact) mass is 572 g/mol. The Morgan fingerprint density at radius 1 is 1.12 bits per heavy atom. The van der Waals surface area contributed by atoms with Gasteiger partial charge in [0.2, 0.25) is 15.9 Å². The van der Waals surface area contributed by atoms with Crippen LogP contribution in [0.25, 0.3) is 5.57 Å². The number of para-hydroxylation sites is 1. The lowest BCUT2D eigenvalue weighted by Gasteiger charge is -2.48. The van der Waals surface area contributed by atoms with E-state index in [1.807, 2.05) is 18.2 Å². The van der Waals surface area contributed by atoms with Crippen LogP contribution in [0.1, 0.15) is 26.3 Å². The number of hydrogen-bond donors (Lipinski definition) is 3. The lowest BCUT2D eigenvalue weighted by Crippen LogP contribution is -2.77. The fraction of sp³-hybridized carbons (Fsp3) is 0.429. The van der Waals surface area contributed by atoms with E-state index >= 15 is 0 Å². The van der Waals surface area contributed by atoms with Crippen LogP contribution >= 0.6 is 0 Å². The normalized spacial score (nSPS) is 18.1. The third kappa shape index (κ3) is 5.99. The van der Waals surface area contributed by atoms with Crippen molar-refractivity contribution in [1.82, 2.24) is 15.1 Å². The number of nitrogens with one attached hydrogen (secondary N) is 2. The zero-order chi connectivity index (χ0) is 29.1. The van der Waals surface area contributed by atoms with Gasteiger partial charge in [-0.15, -0.1) is 0 Å². The van der Waals surface area contributed by atoms with Crippen molar-refractivity contribution in [3.05, 3.63) is 60.2 Å². The van der Waals surface area contributed by atoms with E-state index in [2.05, 4.69) is 28.7 Å². The summed E-state index contributed by atoms with van der Waals surface area (Å²) in [6.45, 7) is 6.84. The van der Waals surface area contributed by atoms with Crippen LogP contribution in [0.5, 0.6) is 5.75 Å². The highest BCUT2D eigenvalue weighted by Crippen LogP contribution is 2.34. The molecule has 0 aliphatic carbocycles. The highest BCUT2D eigenvalue weighted by Gasteiger charge is 2.53. The number of hydroxylamine groups is 1. The molecule has 4 rings (SSSR count). The summed E-state index contributed by atoms with van der Waals surface area (Å²) in [6, 6.07) is 14.1. The summed E-state index contributed by atoms with van der Waals surface area (Å²) < 4.78 is 39.9. The lowest BCUT2D eigenvalue weighted by atomic mass is 9.89. The van der Waals surface area contributed by atoms with Crippen LogP contribution in [0.4, 0.5) is 5.69 Å². The van der Waals surface area contributed by atoms with Crippen molar-refractivity contribution < 1.29 is 32.7 Å². The number of sulfonamides is 1. The molecular formula is C28H36N4O7S. The number of likely N-dealkylation sites (tertiary alicyclic amines) is 1. The Balaban J connectivity index is 1.44. The molecule has 11 nitrogen and oxygen atoms in total. The Kier molecular flexibility index (Phi) is 8.83. The van der Waals surface area contributed by atoms with E-state index in [0.717, 1.165) is 23.4 Å². The van der Waals surface area contributed by atoms with E-state index in [9.17, 15) is 23.2 Å². The van der Waals surface area contributed by atoms with Crippen LogP contribution in [0.15, 0.2) is 59.5 Å². The topological polar surface area (TPSA) is 138 Å². The number of carbonyl (C=O) groups is 2. The van der Waals surface area contributed by atoms with Gasteiger partial charge in [-0.25, -0.2) is 13.9 Å². The molecule has 2 aromatic carbocycles. The molecule has 0 saturated carbocycles. The fourth-order valence-corrected chi connectivity index (χ4v) is 6.35. The second kappa shape index (κ2) is 12.0. The quantitative estimate of drug-likeness (QED) is 0.275. The predicted octanol–water partition coefficient (Wildman–Crippen LogP) is 2.02. The first-order valence-electron chi connectivity index (χ1n) is 13.1. The third-order valence-electron chi connectivity index (χ3n) is 7.15. The van der Waals surface area contributed by atoms with Crippen LogP contribution in [0.2, 0.25) is 0 Å². The van der Waals surface area contributed by atoms with Crippen molar-refractivity contribution in [2.75, 3.05) is 44.9 Å². The number of fused-ring (bicyclic) bond motifs is 1. The van der Waals surface area contributed by atoms with Crippen LogP contribution < -0.4 is 19.8 Å². The summed E-state index contributed by atoms with van der Waals surface area (Å²) in [5, 5.41) is 9.20.